The van der Waals surface area contributed by atoms with Crippen LogP contribution in [0.2, 0.25) is 0 Å². The number of thiophene rings is 1. The lowest BCUT2D eigenvalue weighted by Gasteiger charge is -2.35. The predicted octanol–water partition coefficient (Wildman–Crippen LogP) is 3.07. The van der Waals surface area contributed by atoms with Gasteiger partial charge in [0.25, 0.3) is 0 Å². The average molecular weight is 293 g/mol. The van der Waals surface area contributed by atoms with E-state index in [1.165, 1.54) is 12.0 Å². The highest BCUT2D eigenvalue weighted by atomic mass is 32.1. The minimum Gasteiger partial charge on any atom is -0.375 e. The van der Waals surface area contributed by atoms with Crippen LogP contribution in [-0.2, 0) is 16.0 Å². The number of likely N-dealkylation sites (tertiary alicyclic amines) is 1. The van der Waals surface area contributed by atoms with Gasteiger partial charge >= 0.3 is 0 Å². The second-order valence-electron chi connectivity index (χ2n) is 5.66. The third-order valence-electron chi connectivity index (χ3n) is 4.26. The molecule has 0 aromatic carbocycles. The lowest BCUT2D eigenvalue weighted by atomic mass is 9.99. The highest BCUT2D eigenvalue weighted by Crippen LogP contribution is 2.32. The van der Waals surface area contributed by atoms with Crippen molar-refractivity contribution in [1.82, 2.24) is 4.90 Å². The van der Waals surface area contributed by atoms with Crippen LogP contribution < -0.4 is 0 Å². The molecule has 0 amide bonds. The van der Waals surface area contributed by atoms with E-state index in [4.69, 9.17) is 9.47 Å². The maximum absolute atomic E-state index is 6.21. The Kier molecular flexibility index (Phi) is 4.89. The van der Waals surface area contributed by atoms with Gasteiger partial charge in [0, 0.05) is 19.1 Å². The number of hydrogen-bond acceptors (Lipinski definition) is 4. The van der Waals surface area contributed by atoms with E-state index in [9.17, 15) is 0 Å². The van der Waals surface area contributed by atoms with Gasteiger partial charge in [-0.15, -0.1) is 6.58 Å². The van der Waals surface area contributed by atoms with Gasteiger partial charge in [0.2, 0.25) is 0 Å². The first-order valence-electron chi connectivity index (χ1n) is 7.46. The second kappa shape index (κ2) is 6.85. The number of nitrogens with zero attached hydrogens (tertiary/aromatic N) is 1. The molecule has 0 radical (unpaired) electrons. The standard InChI is InChI=1S/C16H23NO2S/c1-2-8-18-11-14-3-4-15-16(19-14)5-7-17(15)10-13-6-9-20-12-13/h2,6,9,12,14-16H,1,3-5,7-8,10-11H2/t14-,15+,16+/m0/s1. The summed E-state index contributed by atoms with van der Waals surface area (Å²) in [5.41, 5.74) is 1.44. The van der Waals surface area contributed by atoms with E-state index < -0.39 is 0 Å². The maximum atomic E-state index is 6.21. The van der Waals surface area contributed by atoms with Crippen molar-refractivity contribution in [3.63, 3.8) is 0 Å². The molecule has 20 heavy (non-hydrogen) atoms. The molecule has 0 N–H and O–H groups in total. The van der Waals surface area contributed by atoms with Crippen molar-refractivity contribution in [2.24, 2.45) is 0 Å². The van der Waals surface area contributed by atoms with Gasteiger partial charge in [-0.05, 0) is 41.7 Å². The summed E-state index contributed by atoms with van der Waals surface area (Å²) in [6.07, 6.45) is 5.98. The zero-order valence-corrected chi connectivity index (χ0v) is 12.7. The fourth-order valence-electron chi connectivity index (χ4n) is 3.30. The second-order valence-corrected chi connectivity index (χ2v) is 6.44. The molecule has 110 valence electrons. The summed E-state index contributed by atoms with van der Waals surface area (Å²) in [5, 5.41) is 4.41. The van der Waals surface area contributed by atoms with Gasteiger partial charge in [0.1, 0.15) is 0 Å². The van der Waals surface area contributed by atoms with Crippen LogP contribution in [0.15, 0.2) is 29.5 Å². The Labute approximate surface area is 125 Å². The molecule has 3 atom stereocenters. The Morgan fingerprint density at radius 1 is 1.45 bits per heavy atom. The van der Waals surface area contributed by atoms with Gasteiger partial charge in [0.15, 0.2) is 0 Å². The molecular formula is C16H23NO2S. The van der Waals surface area contributed by atoms with Crippen LogP contribution in [0, 0.1) is 0 Å². The van der Waals surface area contributed by atoms with E-state index >= 15 is 0 Å². The monoisotopic (exact) mass is 293 g/mol. The molecule has 3 rings (SSSR count). The summed E-state index contributed by atoms with van der Waals surface area (Å²) in [5.74, 6) is 0. The van der Waals surface area contributed by atoms with Crippen molar-refractivity contribution >= 4 is 11.3 Å². The predicted molar refractivity (Wildman–Crippen MR) is 82.0 cm³/mol. The highest BCUT2D eigenvalue weighted by molar-refractivity contribution is 7.07. The molecule has 2 aliphatic heterocycles. The molecule has 0 aliphatic carbocycles. The average Bonchev–Trinajstić information content (AvgIpc) is 3.10. The van der Waals surface area contributed by atoms with Crippen LogP contribution in [0.1, 0.15) is 24.8 Å². The SMILES string of the molecule is C=CCOC[C@@H]1CC[C@@H]2[C@@H](CCN2Cc2ccsc2)O1. The van der Waals surface area contributed by atoms with Crippen molar-refractivity contribution in [3.05, 3.63) is 35.0 Å². The molecule has 1 aromatic rings. The molecule has 2 saturated heterocycles. The van der Waals surface area contributed by atoms with E-state index in [1.807, 2.05) is 0 Å². The van der Waals surface area contributed by atoms with Crippen molar-refractivity contribution in [1.29, 1.82) is 0 Å². The third kappa shape index (κ3) is 3.31. The summed E-state index contributed by atoms with van der Waals surface area (Å²) in [6.45, 7) is 7.23. The highest BCUT2D eigenvalue weighted by Gasteiger charge is 2.39. The van der Waals surface area contributed by atoms with E-state index in [0.29, 0.717) is 25.4 Å². The first kappa shape index (κ1) is 14.3. The summed E-state index contributed by atoms with van der Waals surface area (Å²) in [4.78, 5) is 2.59. The Morgan fingerprint density at radius 3 is 3.20 bits per heavy atom. The van der Waals surface area contributed by atoms with Gasteiger partial charge in [-0.3, -0.25) is 4.90 Å². The van der Waals surface area contributed by atoms with Crippen molar-refractivity contribution in [3.8, 4) is 0 Å². The van der Waals surface area contributed by atoms with Gasteiger partial charge in [0.05, 0.1) is 25.4 Å². The Morgan fingerprint density at radius 2 is 2.40 bits per heavy atom. The topological polar surface area (TPSA) is 21.7 Å². The zero-order chi connectivity index (χ0) is 13.8. The van der Waals surface area contributed by atoms with Crippen LogP contribution in [0.4, 0.5) is 0 Å². The number of fused-ring (bicyclic) bond motifs is 1. The summed E-state index contributed by atoms with van der Waals surface area (Å²) < 4.78 is 11.7. The van der Waals surface area contributed by atoms with Crippen LogP contribution in [0.25, 0.3) is 0 Å². The van der Waals surface area contributed by atoms with Gasteiger partial charge in [-0.1, -0.05) is 6.08 Å². The molecule has 0 spiro atoms. The number of rotatable bonds is 6. The molecule has 3 heterocycles. The molecule has 4 heteroatoms. The molecule has 1 aromatic heterocycles. The fourth-order valence-corrected chi connectivity index (χ4v) is 3.96. The summed E-state index contributed by atoms with van der Waals surface area (Å²) in [7, 11) is 0. The fraction of sp³-hybridized carbons (Fsp3) is 0.625. The van der Waals surface area contributed by atoms with Gasteiger partial charge in [-0.2, -0.15) is 11.3 Å². The van der Waals surface area contributed by atoms with Crippen LogP contribution in [-0.4, -0.2) is 42.9 Å². The van der Waals surface area contributed by atoms with Crippen molar-refractivity contribution in [2.45, 2.75) is 44.1 Å². The van der Waals surface area contributed by atoms with Crippen LogP contribution >= 0.6 is 11.3 Å². The minimum atomic E-state index is 0.275. The van der Waals surface area contributed by atoms with Crippen LogP contribution in [0.3, 0.4) is 0 Å². The Bertz CT molecular complexity index is 420. The molecule has 3 nitrogen and oxygen atoms in total. The lowest BCUT2D eigenvalue weighted by Crippen LogP contribution is -2.43. The zero-order valence-electron chi connectivity index (χ0n) is 11.9. The quantitative estimate of drug-likeness (QED) is 0.594. The smallest absolute Gasteiger partial charge is 0.0813 e. The van der Waals surface area contributed by atoms with E-state index in [2.05, 4.69) is 28.3 Å². The van der Waals surface area contributed by atoms with Crippen molar-refractivity contribution < 1.29 is 9.47 Å². The van der Waals surface area contributed by atoms with E-state index in [0.717, 1.165) is 25.9 Å². The molecule has 2 fully saturated rings. The maximum Gasteiger partial charge on any atom is 0.0813 e. The molecule has 2 aliphatic rings. The van der Waals surface area contributed by atoms with Crippen LogP contribution in [0.5, 0.6) is 0 Å². The normalized spacial score (nSPS) is 30.3. The third-order valence-corrected chi connectivity index (χ3v) is 4.99. The number of ether oxygens (including phenoxy) is 2. The first-order chi connectivity index (χ1) is 9.86. The minimum absolute atomic E-state index is 0.275. The molecule has 0 unspecified atom stereocenters. The van der Waals surface area contributed by atoms with Gasteiger partial charge < -0.3 is 9.47 Å². The van der Waals surface area contributed by atoms with Crippen molar-refractivity contribution in [2.75, 3.05) is 19.8 Å². The molecular weight excluding hydrogens is 270 g/mol. The summed E-state index contributed by atoms with van der Waals surface area (Å²) >= 11 is 1.78. The summed E-state index contributed by atoms with van der Waals surface area (Å²) in [6, 6.07) is 2.83. The Balaban J connectivity index is 1.50. The first-order valence-corrected chi connectivity index (χ1v) is 8.40. The Hall–Kier alpha value is -0.680. The molecule has 0 bridgehead atoms. The van der Waals surface area contributed by atoms with E-state index in [-0.39, 0.29) is 6.10 Å². The van der Waals surface area contributed by atoms with E-state index in [1.54, 1.807) is 17.4 Å². The molecule has 0 saturated carbocycles. The largest absolute Gasteiger partial charge is 0.375 e. The van der Waals surface area contributed by atoms with Gasteiger partial charge in [-0.25, -0.2) is 0 Å². The lowest BCUT2D eigenvalue weighted by molar-refractivity contribution is -0.0971. The number of hydrogen-bond donors (Lipinski definition) is 0.